The molecule has 3 heterocycles. The van der Waals surface area contributed by atoms with Crippen LogP contribution in [0.2, 0.25) is 0 Å². The van der Waals surface area contributed by atoms with Crippen molar-refractivity contribution >= 4 is 28.7 Å². The number of rotatable bonds is 3. The normalized spacial score (nSPS) is 17.8. The molecule has 3 rings (SSSR count). The summed E-state index contributed by atoms with van der Waals surface area (Å²) in [6.07, 6.45) is 1.88. The molecule has 1 aliphatic rings. The van der Waals surface area contributed by atoms with Gasteiger partial charge >= 0.3 is 0 Å². The van der Waals surface area contributed by atoms with E-state index in [0.29, 0.717) is 0 Å². The van der Waals surface area contributed by atoms with Crippen molar-refractivity contribution in [2.45, 2.75) is 25.8 Å². The minimum Gasteiger partial charge on any atom is -0.353 e. The van der Waals surface area contributed by atoms with Crippen LogP contribution >= 0.6 is 11.3 Å². The number of hydrogen-bond acceptors (Lipinski definition) is 4. The van der Waals surface area contributed by atoms with Gasteiger partial charge in [0.25, 0.3) is 5.91 Å². The molecule has 0 saturated heterocycles. The predicted octanol–water partition coefficient (Wildman–Crippen LogP) is 2.54. The van der Waals surface area contributed by atoms with Crippen LogP contribution in [0.5, 0.6) is 0 Å². The summed E-state index contributed by atoms with van der Waals surface area (Å²) in [4.78, 5) is 13.2. The number of aryl methyl sites for hydroxylation is 2. The molecule has 1 amide bonds. The zero-order valence-corrected chi connectivity index (χ0v) is 11.8. The number of thiophene rings is 1. The number of fused-ring (bicyclic) bond motifs is 1. The molecular formula is C13H16N4OS. The van der Waals surface area contributed by atoms with Crippen LogP contribution in [0.4, 0.5) is 11.5 Å². The lowest BCUT2D eigenvalue weighted by Crippen LogP contribution is -2.32. The Labute approximate surface area is 115 Å². The maximum Gasteiger partial charge on any atom is 0.252 e. The standard InChI is InChI=1S/C13H16N4OS/c1-3-5-8-10-12(17(2)16-8)14-11(13(18)15-10)9-6-4-7-19-9/h4,6-7,11,14H,3,5H2,1-2H3,(H,15,18). The molecule has 5 nitrogen and oxygen atoms in total. The van der Waals surface area contributed by atoms with E-state index in [0.717, 1.165) is 34.9 Å². The van der Waals surface area contributed by atoms with Gasteiger partial charge in [-0.25, -0.2) is 0 Å². The van der Waals surface area contributed by atoms with Crippen molar-refractivity contribution in [2.24, 2.45) is 7.05 Å². The molecule has 100 valence electrons. The van der Waals surface area contributed by atoms with E-state index in [9.17, 15) is 4.79 Å². The Bertz CT molecular complexity index is 602. The van der Waals surface area contributed by atoms with Crippen molar-refractivity contribution in [1.29, 1.82) is 0 Å². The van der Waals surface area contributed by atoms with E-state index in [2.05, 4.69) is 22.7 Å². The predicted molar refractivity (Wildman–Crippen MR) is 76.5 cm³/mol. The summed E-state index contributed by atoms with van der Waals surface area (Å²) < 4.78 is 1.81. The number of carbonyl (C=O) groups is 1. The molecule has 1 atom stereocenters. The third-order valence-electron chi connectivity index (χ3n) is 3.23. The highest BCUT2D eigenvalue weighted by molar-refractivity contribution is 7.10. The Morgan fingerprint density at radius 3 is 3.05 bits per heavy atom. The quantitative estimate of drug-likeness (QED) is 0.905. The summed E-state index contributed by atoms with van der Waals surface area (Å²) in [5, 5.41) is 12.7. The van der Waals surface area contributed by atoms with Crippen LogP contribution in [0.1, 0.15) is 30.0 Å². The number of nitrogens with one attached hydrogen (secondary N) is 2. The van der Waals surface area contributed by atoms with Crippen molar-refractivity contribution in [1.82, 2.24) is 9.78 Å². The summed E-state index contributed by atoms with van der Waals surface area (Å²) >= 11 is 1.58. The molecule has 1 aliphatic heterocycles. The lowest BCUT2D eigenvalue weighted by atomic mass is 10.1. The Balaban J connectivity index is 1.97. The molecule has 0 spiro atoms. The van der Waals surface area contributed by atoms with E-state index in [-0.39, 0.29) is 11.9 Å². The number of hydrogen-bond donors (Lipinski definition) is 2. The van der Waals surface area contributed by atoms with E-state index in [1.807, 2.05) is 24.6 Å². The van der Waals surface area contributed by atoms with Crippen LogP contribution in [0, 0.1) is 0 Å². The minimum absolute atomic E-state index is 0.0136. The van der Waals surface area contributed by atoms with Crippen molar-refractivity contribution < 1.29 is 4.79 Å². The molecule has 2 N–H and O–H groups in total. The summed E-state index contributed by atoms with van der Waals surface area (Å²) in [5.41, 5.74) is 1.78. The van der Waals surface area contributed by atoms with Gasteiger partial charge in [0.2, 0.25) is 0 Å². The zero-order chi connectivity index (χ0) is 13.4. The topological polar surface area (TPSA) is 59.0 Å². The highest BCUT2D eigenvalue weighted by Crippen LogP contribution is 2.36. The van der Waals surface area contributed by atoms with E-state index < -0.39 is 0 Å². The molecule has 0 saturated carbocycles. The molecule has 0 bridgehead atoms. The first-order chi connectivity index (χ1) is 9.20. The second-order valence-corrected chi connectivity index (χ2v) is 5.61. The van der Waals surface area contributed by atoms with Gasteiger partial charge in [-0.3, -0.25) is 9.48 Å². The van der Waals surface area contributed by atoms with Gasteiger partial charge in [0.15, 0.2) is 0 Å². The molecule has 0 fully saturated rings. The van der Waals surface area contributed by atoms with Crippen LogP contribution in [0.3, 0.4) is 0 Å². The summed E-state index contributed by atoms with van der Waals surface area (Å²) in [7, 11) is 1.90. The van der Waals surface area contributed by atoms with Gasteiger partial charge < -0.3 is 10.6 Å². The number of nitrogens with zero attached hydrogens (tertiary/aromatic N) is 2. The first-order valence-electron chi connectivity index (χ1n) is 6.37. The van der Waals surface area contributed by atoms with Gasteiger partial charge in [-0.05, 0) is 17.9 Å². The molecule has 19 heavy (non-hydrogen) atoms. The van der Waals surface area contributed by atoms with Crippen molar-refractivity contribution in [3.8, 4) is 0 Å². The lowest BCUT2D eigenvalue weighted by Gasteiger charge is -2.24. The zero-order valence-electron chi connectivity index (χ0n) is 10.9. The fourth-order valence-electron chi connectivity index (χ4n) is 2.34. The molecule has 1 unspecified atom stereocenters. The molecular weight excluding hydrogens is 260 g/mol. The number of anilines is 2. The first-order valence-corrected chi connectivity index (χ1v) is 7.25. The van der Waals surface area contributed by atoms with E-state index >= 15 is 0 Å². The summed E-state index contributed by atoms with van der Waals surface area (Å²) in [6, 6.07) is 3.60. The highest BCUT2D eigenvalue weighted by atomic mass is 32.1. The van der Waals surface area contributed by atoms with Crippen LogP contribution in [-0.2, 0) is 18.3 Å². The van der Waals surface area contributed by atoms with Crippen LogP contribution < -0.4 is 10.6 Å². The second kappa shape index (κ2) is 4.70. The number of carbonyl (C=O) groups excluding carboxylic acids is 1. The molecule has 0 aromatic carbocycles. The lowest BCUT2D eigenvalue weighted by molar-refractivity contribution is -0.117. The van der Waals surface area contributed by atoms with Gasteiger partial charge in [-0.2, -0.15) is 5.10 Å². The maximum atomic E-state index is 12.2. The molecule has 0 radical (unpaired) electrons. The third kappa shape index (κ3) is 2.02. The molecule has 2 aromatic heterocycles. The van der Waals surface area contributed by atoms with Crippen molar-refractivity contribution in [2.75, 3.05) is 10.6 Å². The SMILES string of the molecule is CCCc1nn(C)c2c1NC(=O)C(c1cccs1)N2. The van der Waals surface area contributed by atoms with Gasteiger partial charge in [-0.1, -0.05) is 19.4 Å². The van der Waals surface area contributed by atoms with Crippen molar-refractivity contribution in [3.63, 3.8) is 0 Å². The highest BCUT2D eigenvalue weighted by Gasteiger charge is 2.31. The van der Waals surface area contributed by atoms with Gasteiger partial charge in [0.1, 0.15) is 17.5 Å². The van der Waals surface area contributed by atoms with Crippen LogP contribution in [0.25, 0.3) is 0 Å². The summed E-state index contributed by atoms with van der Waals surface area (Å²) in [6.45, 7) is 2.10. The minimum atomic E-state index is -0.322. The second-order valence-electron chi connectivity index (χ2n) is 4.63. The number of aromatic nitrogens is 2. The first kappa shape index (κ1) is 12.2. The fraction of sp³-hybridized carbons (Fsp3) is 0.385. The number of amides is 1. The van der Waals surface area contributed by atoms with Gasteiger partial charge in [-0.15, -0.1) is 11.3 Å². The Morgan fingerprint density at radius 1 is 1.53 bits per heavy atom. The third-order valence-corrected chi connectivity index (χ3v) is 4.16. The average molecular weight is 276 g/mol. The monoisotopic (exact) mass is 276 g/mol. The van der Waals surface area contributed by atoms with Crippen molar-refractivity contribution in [3.05, 3.63) is 28.1 Å². The Morgan fingerprint density at radius 2 is 2.37 bits per heavy atom. The largest absolute Gasteiger partial charge is 0.353 e. The molecule has 6 heteroatoms. The fourth-order valence-corrected chi connectivity index (χ4v) is 3.12. The van der Waals surface area contributed by atoms with E-state index in [1.54, 1.807) is 16.0 Å². The van der Waals surface area contributed by atoms with Gasteiger partial charge in [0, 0.05) is 11.9 Å². The average Bonchev–Trinajstić information content (AvgIpc) is 2.99. The Kier molecular flexibility index (Phi) is 3.02. The maximum absolute atomic E-state index is 12.2. The van der Waals surface area contributed by atoms with Crippen LogP contribution in [0.15, 0.2) is 17.5 Å². The van der Waals surface area contributed by atoms with E-state index in [4.69, 9.17) is 0 Å². The smallest absolute Gasteiger partial charge is 0.252 e. The molecule has 2 aromatic rings. The van der Waals surface area contributed by atoms with Crippen LogP contribution in [-0.4, -0.2) is 15.7 Å². The van der Waals surface area contributed by atoms with E-state index in [1.165, 1.54) is 0 Å². The summed E-state index contributed by atoms with van der Waals surface area (Å²) in [5.74, 6) is 0.877. The Hall–Kier alpha value is -1.82. The molecule has 0 aliphatic carbocycles. The van der Waals surface area contributed by atoms with Gasteiger partial charge in [0.05, 0.1) is 5.69 Å².